The number of sulfonamides is 1. The van der Waals surface area contributed by atoms with Gasteiger partial charge in [0.05, 0.1) is 17.2 Å². The highest BCUT2D eigenvalue weighted by atomic mass is 32.2. The van der Waals surface area contributed by atoms with Gasteiger partial charge < -0.3 is 9.26 Å². The quantitative estimate of drug-likeness (QED) is 0.936. The first-order chi connectivity index (χ1) is 9.47. The van der Waals surface area contributed by atoms with Crippen LogP contribution in [0.3, 0.4) is 0 Å². The van der Waals surface area contributed by atoms with E-state index < -0.39 is 10.0 Å². The third-order valence-electron chi connectivity index (χ3n) is 3.36. The third-order valence-corrected chi connectivity index (χ3v) is 4.68. The highest BCUT2D eigenvalue weighted by Crippen LogP contribution is 2.29. The Morgan fingerprint density at radius 1 is 1.30 bits per heavy atom. The van der Waals surface area contributed by atoms with Crippen molar-refractivity contribution >= 4 is 15.9 Å². The van der Waals surface area contributed by atoms with Crippen molar-refractivity contribution in [1.29, 1.82) is 0 Å². The van der Waals surface area contributed by atoms with Crippen LogP contribution in [0, 0.1) is 13.8 Å². The standard InChI is InChI=1S/C13H14N2O4S/c1-8-9(2)14-19-13(8)15-20(16,17)11-3-4-12-10(7-11)5-6-18-12/h3-4,7,15H,5-6H2,1-2H3. The fourth-order valence-corrected chi connectivity index (χ4v) is 3.12. The van der Waals surface area contributed by atoms with Crippen molar-refractivity contribution < 1.29 is 17.7 Å². The summed E-state index contributed by atoms with van der Waals surface area (Å²) in [5, 5.41) is 3.73. The predicted molar refractivity (Wildman–Crippen MR) is 72.4 cm³/mol. The van der Waals surface area contributed by atoms with Crippen molar-refractivity contribution in [3.05, 3.63) is 35.0 Å². The first kappa shape index (κ1) is 13.0. The van der Waals surface area contributed by atoms with Crippen LogP contribution in [-0.4, -0.2) is 20.2 Å². The molecule has 0 bridgehead atoms. The summed E-state index contributed by atoms with van der Waals surface area (Å²) >= 11 is 0. The molecule has 1 aromatic heterocycles. The molecule has 3 rings (SSSR count). The molecule has 1 N–H and O–H groups in total. The second-order valence-corrected chi connectivity index (χ2v) is 6.38. The average Bonchev–Trinajstić information content (AvgIpc) is 2.99. The lowest BCUT2D eigenvalue weighted by atomic mass is 10.2. The molecule has 106 valence electrons. The Labute approximate surface area is 116 Å². The van der Waals surface area contributed by atoms with E-state index in [1.165, 1.54) is 6.07 Å². The van der Waals surface area contributed by atoms with Gasteiger partial charge >= 0.3 is 0 Å². The fraction of sp³-hybridized carbons (Fsp3) is 0.308. The number of fused-ring (bicyclic) bond motifs is 1. The molecule has 0 unspecified atom stereocenters. The lowest BCUT2D eigenvalue weighted by Crippen LogP contribution is -2.13. The van der Waals surface area contributed by atoms with Crippen molar-refractivity contribution in [2.75, 3.05) is 11.3 Å². The SMILES string of the molecule is Cc1noc(NS(=O)(=O)c2ccc3c(c2)CCO3)c1C. The molecule has 20 heavy (non-hydrogen) atoms. The molecule has 7 heteroatoms. The topological polar surface area (TPSA) is 81.4 Å². The summed E-state index contributed by atoms with van der Waals surface area (Å²) in [5.41, 5.74) is 2.24. The molecule has 1 aliphatic rings. The lowest BCUT2D eigenvalue weighted by Gasteiger charge is -2.07. The van der Waals surface area contributed by atoms with Gasteiger partial charge in [0.1, 0.15) is 5.75 Å². The van der Waals surface area contributed by atoms with Gasteiger partial charge in [-0.25, -0.2) is 13.1 Å². The van der Waals surface area contributed by atoms with E-state index in [-0.39, 0.29) is 10.8 Å². The molecule has 1 aromatic carbocycles. The van der Waals surface area contributed by atoms with Gasteiger partial charge in [-0.1, -0.05) is 5.16 Å². The zero-order valence-electron chi connectivity index (χ0n) is 11.1. The molecule has 0 saturated carbocycles. The number of hydrogen-bond donors (Lipinski definition) is 1. The first-order valence-corrected chi connectivity index (χ1v) is 7.67. The van der Waals surface area contributed by atoms with E-state index in [1.807, 2.05) is 0 Å². The molecule has 0 amide bonds. The zero-order valence-corrected chi connectivity index (χ0v) is 12.0. The highest BCUT2D eigenvalue weighted by molar-refractivity contribution is 7.92. The third kappa shape index (κ3) is 2.14. The summed E-state index contributed by atoms with van der Waals surface area (Å²) in [5.74, 6) is 0.898. The second-order valence-electron chi connectivity index (χ2n) is 4.70. The molecule has 0 saturated heterocycles. The molecule has 1 aliphatic heterocycles. The van der Waals surface area contributed by atoms with Crippen LogP contribution in [0.1, 0.15) is 16.8 Å². The molecule has 0 atom stereocenters. The Morgan fingerprint density at radius 3 is 2.80 bits per heavy atom. The number of nitrogens with zero attached hydrogens (tertiary/aromatic N) is 1. The van der Waals surface area contributed by atoms with Crippen LogP contribution >= 0.6 is 0 Å². The molecular formula is C13H14N2O4S. The summed E-state index contributed by atoms with van der Waals surface area (Å²) in [6, 6.07) is 4.82. The van der Waals surface area contributed by atoms with Crippen molar-refractivity contribution in [1.82, 2.24) is 5.16 Å². The number of benzene rings is 1. The minimum absolute atomic E-state index is 0.152. The molecular weight excluding hydrogens is 280 g/mol. The summed E-state index contributed by atoms with van der Waals surface area (Å²) in [6.07, 6.45) is 0.721. The molecule has 2 heterocycles. The van der Waals surface area contributed by atoms with Crippen LogP contribution in [0.15, 0.2) is 27.6 Å². The van der Waals surface area contributed by atoms with Crippen LogP contribution < -0.4 is 9.46 Å². The van der Waals surface area contributed by atoms with Gasteiger partial charge in [0.2, 0.25) is 5.88 Å². The van der Waals surface area contributed by atoms with Gasteiger partial charge in [-0.05, 0) is 37.6 Å². The van der Waals surface area contributed by atoms with E-state index in [9.17, 15) is 8.42 Å². The summed E-state index contributed by atoms with van der Waals surface area (Å²) in [4.78, 5) is 0.190. The average molecular weight is 294 g/mol. The van der Waals surface area contributed by atoms with E-state index >= 15 is 0 Å². The van der Waals surface area contributed by atoms with Crippen molar-refractivity contribution in [3.63, 3.8) is 0 Å². The molecule has 0 spiro atoms. The number of anilines is 1. The minimum atomic E-state index is -3.68. The number of nitrogens with one attached hydrogen (secondary N) is 1. The van der Waals surface area contributed by atoms with E-state index in [0.29, 0.717) is 17.9 Å². The molecule has 6 nitrogen and oxygen atoms in total. The Kier molecular flexibility index (Phi) is 2.93. The molecule has 2 aromatic rings. The number of ether oxygens (including phenoxy) is 1. The van der Waals surface area contributed by atoms with Crippen molar-refractivity contribution in [2.45, 2.75) is 25.2 Å². The lowest BCUT2D eigenvalue weighted by molar-refractivity contribution is 0.356. The Bertz CT molecular complexity index is 765. The minimum Gasteiger partial charge on any atom is -0.493 e. The van der Waals surface area contributed by atoms with Crippen LogP contribution in [0.5, 0.6) is 5.75 Å². The summed E-state index contributed by atoms with van der Waals surface area (Å²) in [6.45, 7) is 4.09. The van der Waals surface area contributed by atoms with Crippen molar-refractivity contribution in [3.8, 4) is 5.75 Å². The predicted octanol–water partition coefficient (Wildman–Crippen LogP) is 2.03. The van der Waals surface area contributed by atoms with Crippen LogP contribution in [0.2, 0.25) is 0 Å². The maximum Gasteiger partial charge on any atom is 0.264 e. The van der Waals surface area contributed by atoms with Gasteiger partial charge in [0.25, 0.3) is 10.0 Å². The van der Waals surface area contributed by atoms with Crippen LogP contribution in [-0.2, 0) is 16.4 Å². The molecule has 0 aliphatic carbocycles. The van der Waals surface area contributed by atoms with Gasteiger partial charge in [-0.2, -0.15) is 0 Å². The maximum absolute atomic E-state index is 12.3. The normalized spacial score (nSPS) is 13.9. The molecule has 0 radical (unpaired) electrons. The smallest absolute Gasteiger partial charge is 0.264 e. The maximum atomic E-state index is 12.3. The monoisotopic (exact) mass is 294 g/mol. The Morgan fingerprint density at radius 2 is 2.10 bits per heavy atom. The second kappa shape index (κ2) is 4.52. The number of aromatic nitrogens is 1. The van der Waals surface area contributed by atoms with Crippen LogP contribution in [0.25, 0.3) is 0 Å². The van der Waals surface area contributed by atoms with E-state index in [0.717, 1.165) is 17.7 Å². The van der Waals surface area contributed by atoms with Gasteiger partial charge in [-0.3, -0.25) is 0 Å². The molecule has 0 fully saturated rings. The Hall–Kier alpha value is -2.02. The van der Waals surface area contributed by atoms with Crippen LogP contribution in [0.4, 0.5) is 5.88 Å². The van der Waals surface area contributed by atoms with E-state index in [4.69, 9.17) is 9.26 Å². The Balaban J connectivity index is 1.94. The van der Waals surface area contributed by atoms with Gasteiger partial charge in [0, 0.05) is 12.0 Å². The highest BCUT2D eigenvalue weighted by Gasteiger charge is 2.22. The summed E-state index contributed by atoms with van der Waals surface area (Å²) in [7, 11) is -3.68. The zero-order chi connectivity index (χ0) is 14.3. The number of hydrogen-bond acceptors (Lipinski definition) is 5. The van der Waals surface area contributed by atoms with Gasteiger partial charge in [-0.15, -0.1) is 0 Å². The largest absolute Gasteiger partial charge is 0.493 e. The van der Waals surface area contributed by atoms with Crippen molar-refractivity contribution in [2.24, 2.45) is 0 Å². The number of aryl methyl sites for hydroxylation is 1. The van der Waals surface area contributed by atoms with E-state index in [1.54, 1.807) is 26.0 Å². The number of rotatable bonds is 3. The fourth-order valence-electron chi connectivity index (χ4n) is 2.02. The van der Waals surface area contributed by atoms with Gasteiger partial charge in [0.15, 0.2) is 0 Å². The summed E-state index contributed by atoms with van der Waals surface area (Å²) < 4.78 is 37.4. The van der Waals surface area contributed by atoms with E-state index in [2.05, 4.69) is 9.88 Å². The first-order valence-electron chi connectivity index (χ1n) is 6.19.